The fourth-order valence-electron chi connectivity index (χ4n) is 1.62. The van der Waals surface area contributed by atoms with E-state index < -0.39 is 0 Å². The van der Waals surface area contributed by atoms with Crippen molar-refractivity contribution in [3.63, 3.8) is 0 Å². The zero-order chi connectivity index (χ0) is 12.3. The number of pyridine rings is 1. The van der Waals surface area contributed by atoms with Crippen molar-refractivity contribution in [3.8, 4) is 0 Å². The van der Waals surface area contributed by atoms with Gasteiger partial charge in [0.15, 0.2) is 5.82 Å². The first-order chi connectivity index (χ1) is 8.22. The number of aryl methyl sites for hydroxylation is 2. The Kier molecular flexibility index (Phi) is 3.89. The second kappa shape index (κ2) is 5.40. The molecule has 0 N–H and O–H groups in total. The van der Waals surface area contributed by atoms with Crippen LogP contribution in [0.25, 0.3) is 0 Å². The van der Waals surface area contributed by atoms with Crippen molar-refractivity contribution in [2.24, 2.45) is 0 Å². The Labute approximate surface area is 109 Å². The number of rotatable bonds is 4. The van der Waals surface area contributed by atoms with Crippen molar-refractivity contribution < 1.29 is 0 Å². The van der Waals surface area contributed by atoms with Crippen LogP contribution < -0.4 is 0 Å². The lowest BCUT2D eigenvalue weighted by molar-refractivity contribution is 0.626. The van der Waals surface area contributed by atoms with Crippen molar-refractivity contribution in [1.82, 2.24) is 19.7 Å². The lowest BCUT2D eigenvalue weighted by Crippen LogP contribution is -2.07. The van der Waals surface area contributed by atoms with E-state index in [1.165, 1.54) is 0 Å². The van der Waals surface area contributed by atoms with Crippen molar-refractivity contribution in [1.29, 1.82) is 0 Å². The summed E-state index contributed by atoms with van der Waals surface area (Å²) in [6.45, 7) is 4.84. The maximum atomic E-state index is 4.48. The van der Waals surface area contributed by atoms with E-state index in [4.69, 9.17) is 0 Å². The molecule has 90 valence electrons. The van der Waals surface area contributed by atoms with Gasteiger partial charge in [0.25, 0.3) is 0 Å². The summed E-state index contributed by atoms with van der Waals surface area (Å²) in [6, 6.07) is 3.99. The first kappa shape index (κ1) is 12.2. The van der Waals surface area contributed by atoms with Crippen LogP contribution >= 0.6 is 15.9 Å². The number of nitrogens with zero attached hydrogens (tertiary/aromatic N) is 4. The highest BCUT2D eigenvalue weighted by Gasteiger charge is 2.07. The minimum Gasteiger partial charge on any atom is -0.258 e. The molecule has 0 fully saturated rings. The maximum absolute atomic E-state index is 4.48. The molecule has 0 spiro atoms. The summed E-state index contributed by atoms with van der Waals surface area (Å²) >= 11 is 3.38. The summed E-state index contributed by atoms with van der Waals surface area (Å²) in [6.07, 6.45) is 3.57. The first-order valence-electron chi connectivity index (χ1n) is 5.76. The molecule has 0 aliphatic rings. The minimum absolute atomic E-state index is 0.684. The van der Waals surface area contributed by atoms with Gasteiger partial charge < -0.3 is 0 Å². The quantitative estimate of drug-likeness (QED) is 0.871. The monoisotopic (exact) mass is 294 g/mol. The van der Waals surface area contributed by atoms with Gasteiger partial charge in [-0.1, -0.05) is 13.8 Å². The fourth-order valence-corrected chi connectivity index (χ4v) is 1.85. The molecule has 4 nitrogen and oxygen atoms in total. The van der Waals surface area contributed by atoms with Gasteiger partial charge in [-0.2, -0.15) is 5.10 Å². The van der Waals surface area contributed by atoms with Gasteiger partial charge in [-0.05, 0) is 28.1 Å². The summed E-state index contributed by atoms with van der Waals surface area (Å²) in [5.74, 6) is 1.92. The fraction of sp³-hybridized carbons (Fsp3) is 0.417. The summed E-state index contributed by atoms with van der Waals surface area (Å²) < 4.78 is 2.93. The topological polar surface area (TPSA) is 43.6 Å². The van der Waals surface area contributed by atoms with Crippen molar-refractivity contribution in [2.45, 2.75) is 33.2 Å². The number of hydrogen-bond donors (Lipinski definition) is 0. The van der Waals surface area contributed by atoms with E-state index in [9.17, 15) is 0 Å². The third-order valence-electron chi connectivity index (χ3n) is 2.53. The molecule has 2 aromatic heterocycles. The van der Waals surface area contributed by atoms with Gasteiger partial charge in [0.1, 0.15) is 5.82 Å². The Morgan fingerprint density at radius 1 is 1.24 bits per heavy atom. The van der Waals surface area contributed by atoms with Crippen LogP contribution in [0.15, 0.2) is 22.8 Å². The number of halogens is 1. The first-order valence-corrected chi connectivity index (χ1v) is 6.55. The second-order valence-corrected chi connectivity index (χ2v) is 4.69. The highest BCUT2D eigenvalue weighted by molar-refractivity contribution is 9.10. The molecule has 0 radical (unpaired) electrons. The summed E-state index contributed by atoms with van der Waals surface area (Å²) in [5, 5.41) is 4.47. The molecule has 2 rings (SSSR count). The zero-order valence-electron chi connectivity index (χ0n) is 10.0. The smallest absolute Gasteiger partial charge is 0.150 e. The van der Waals surface area contributed by atoms with Crippen molar-refractivity contribution >= 4 is 15.9 Å². The largest absolute Gasteiger partial charge is 0.258 e. The van der Waals surface area contributed by atoms with Gasteiger partial charge in [0, 0.05) is 23.5 Å². The van der Waals surface area contributed by atoms with Crippen molar-refractivity contribution in [2.75, 3.05) is 0 Å². The molecule has 0 aliphatic heterocycles. The Morgan fingerprint density at radius 2 is 2.06 bits per heavy atom. The van der Waals surface area contributed by atoms with Crippen LogP contribution in [0.1, 0.15) is 31.2 Å². The Bertz CT molecular complexity index is 490. The standard InChI is InChI=1S/C12H15BrN4/c1-3-11-15-12(4-2)17(16-11)8-10-6-5-9(13)7-14-10/h5-7H,3-4,8H2,1-2H3. The van der Waals surface area contributed by atoms with E-state index in [1.807, 2.05) is 16.8 Å². The molecular weight excluding hydrogens is 280 g/mol. The lowest BCUT2D eigenvalue weighted by atomic mass is 10.3. The molecule has 0 atom stereocenters. The van der Waals surface area contributed by atoms with Gasteiger partial charge in [0.05, 0.1) is 12.2 Å². The summed E-state index contributed by atoms with van der Waals surface area (Å²) in [5.41, 5.74) is 0.996. The van der Waals surface area contributed by atoms with Gasteiger partial charge in [-0.3, -0.25) is 4.98 Å². The molecule has 0 bridgehead atoms. The molecular formula is C12H15BrN4. The van der Waals surface area contributed by atoms with Crippen LogP contribution in [0.5, 0.6) is 0 Å². The molecule has 0 amide bonds. The average Bonchev–Trinajstić information content (AvgIpc) is 2.74. The maximum Gasteiger partial charge on any atom is 0.150 e. The molecule has 2 aromatic rings. The van der Waals surface area contributed by atoms with Gasteiger partial charge in [-0.25, -0.2) is 9.67 Å². The van der Waals surface area contributed by atoms with Crippen LogP contribution in [0.3, 0.4) is 0 Å². The van der Waals surface area contributed by atoms with Gasteiger partial charge in [-0.15, -0.1) is 0 Å². The molecule has 17 heavy (non-hydrogen) atoms. The number of aromatic nitrogens is 4. The molecule has 0 unspecified atom stereocenters. The van der Waals surface area contributed by atoms with E-state index in [2.05, 4.69) is 44.8 Å². The van der Waals surface area contributed by atoms with Crippen LogP contribution in [0.2, 0.25) is 0 Å². The van der Waals surface area contributed by atoms with Crippen molar-refractivity contribution in [3.05, 3.63) is 40.1 Å². The molecule has 2 heterocycles. The Balaban J connectivity index is 2.22. The van der Waals surface area contributed by atoms with Gasteiger partial charge in [0.2, 0.25) is 0 Å². The molecule has 0 aromatic carbocycles. The Morgan fingerprint density at radius 3 is 2.65 bits per heavy atom. The molecule has 0 aliphatic carbocycles. The number of hydrogen-bond acceptors (Lipinski definition) is 3. The van der Waals surface area contributed by atoms with Gasteiger partial charge >= 0.3 is 0 Å². The van der Waals surface area contributed by atoms with Crippen LogP contribution in [0, 0.1) is 0 Å². The van der Waals surface area contributed by atoms with E-state index in [0.717, 1.165) is 34.7 Å². The van der Waals surface area contributed by atoms with E-state index in [0.29, 0.717) is 6.54 Å². The lowest BCUT2D eigenvalue weighted by Gasteiger charge is -2.03. The predicted octanol–water partition coefficient (Wildman–Crippen LogP) is 2.61. The third kappa shape index (κ3) is 2.91. The SMILES string of the molecule is CCc1nc(CC)n(Cc2ccc(Br)cn2)n1. The van der Waals surface area contributed by atoms with E-state index in [1.54, 1.807) is 6.20 Å². The van der Waals surface area contributed by atoms with Crippen LogP contribution in [0.4, 0.5) is 0 Å². The highest BCUT2D eigenvalue weighted by atomic mass is 79.9. The Hall–Kier alpha value is -1.23. The molecule has 0 saturated heterocycles. The zero-order valence-corrected chi connectivity index (χ0v) is 11.6. The highest BCUT2D eigenvalue weighted by Crippen LogP contribution is 2.09. The van der Waals surface area contributed by atoms with E-state index >= 15 is 0 Å². The summed E-state index contributed by atoms with van der Waals surface area (Å²) in [4.78, 5) is 8.82. The molecule has 0 saturated carbocycles. The third-order valence-corrected chi connectivity index (χ3v) is 2.99. The normalized spacial score (nSPS) is 10.8. The summed E-state index contributed by atoms with van der Waals surface area (Å²) in [7, 11) is 0. The van der Waals surface area contributed by atoms with Crippen LogP contribution in [-0.4, -0.2) is 19.7 Å². The minimum atomic E-state index is 0.684. The second-order valence-electron chi connectivity index (χ2n) is 3.78. The van der Waals surface area contributed by atoms with Crippen LogP contribution in [-0.2, 0) is 19.4 Å². The van der Waals surface area contributed by atoms with E-state index in [-0.39, 0.29) is 0 Å². The predicted molar refractivity (Wildman–Crippen MR) is 69.8 cm³/mol. The molecule has 5 heteroatoms. The average molecular weight is 295 g/mol.